The number of hydrogen-bond acceptors (Lipinski definition) is 2. The van der Waals surface area contributed by atoms with Crippen LogP contribution in [0.4, 0.5) is 0 Å². The van der Waals surface area contributed by atoms with Crippen molar-refractivity contribution in [1.82, 2.24) is 5.32 Å². The average molecular weight is 229 g/mol. The van der Waals surface area contributed by atoms with Crippen molar-refractivity contribution < 1.29 is 4.43 Å². The van der Waals surface area contributed by atoms with Gasteiger partial charge in [-0.1, -0.05) is 20.8 Å². The zero-order chi connectivity index (χ0) is 12.1. The average Bonchev–Trinajstić information content (AvgIpc) is 2.10. The van der Waals surface area contributed by atoms with Crippen LogP contribution in [-0.4, -0.2) is 21.4 Å². The van der Waals surface area contributed by atoms with Crippen molar-refractivity contribution >= 4 is 8.32 Å². The van der Waals surface area contributed by atoms with Crippen molar-refractivity contribution in [3.05, 3.63) is 12.3 Å². The van der Waals surface area contributed by atoms with Gasteiger partial charge in [0.15, 0.2) is 0 Å². The zero-order valence-electron chi connectivity index (χ0n) is 11.3. The van der Waals surface area contributed by atoms with Gasteiger partial charge in [-0.2, -0.15) is 0 Å². The second-order valence-electron chi connectivity index (χ2n) is 5.68. The summed E-state index contributed by atoms with van der Waals surface area (Å²) in [6.07, 6.45) is 5.03. The zero-order valence-corrected chi connectivity index (χ0v) is 12.3. The summed E-state index contributed by atoms with van der Waals surface area (Å²) >= 11 is 0. The SMILES string of the molecule is CN[C@@H](C)CC=CO[Si](C)(C)C(C)(C)C. The second kappa shape index (κ2) is 5.71. The van der Waals surface area contributed by atoms with Crippen molar-refractivity contribution in [3.8, 4) is 0 Å². The van der Waals surface area contributed by atoms with Gasteiger partial charge in [-0.25, -0.2) is 0 Å². The molecule has 0 aromatic heterocycles. The van der Waals surface area contributed by atoms with Gasteiger partial charge in [0.2, 0.25) is 8.32 Å². The fourth-order valence-electron chi connectivity index (χ4n) is 0.773. The second-order valence-corrected chi connectivity index (χ2v) is 10.4. The molecule has 15 heavy (non-hydrogen) atoms. The highest BCUT2D eigenvalue weighted by atomic mass is 28.4. The fourth-order valence-corrected chi connectivity index (χ4v) is 1.56. The molecule has 3 heteroatoms. The summed E-state index contributed by atoms with van der Waals surface area (Å²) in [6, 6.07) is 0.518. The maximum absolute atomic E-state index is 5.92. The molecular formula is C12H27NOSi. The standard InChI is InChI=1S/C12H27NOSi/c1-11(13-5)9-8-10-14-15(6,7)12(2,3)4/h8,10-11,13H,9H2,1-7H3/t11-/m0/s1. The lowest BCUT2D eigenvalue weighted by Gasteiger charge is -2.35. The predicted molar refractivity (Wildman–Crippen MR) is 70.6 cm³/mol. The van der Waals surface area contributed by atoms with E-state index in [1.807, 2.05) is 13.3 Å². The van der Waals surface area contributed by atoms with Gasteiger partial charge in [0.05, 0.1) is 6.26 Å². The first-order chi connectivity index (χ1) is 6.70. The first-order valence-electron chi connectivity index (χ1n) is 5.71. The quantitative estimate of drug-likeness (QED) is 0.575. The van der Waals surface area contributed by atoms with Crippen LogP contribution >= 0.6 is 0 Å². The summed E-state index contributed by atoms with van der Waals surface area (Å²) < 4.78 is 5.92. The third-order valence-corrected chi connectivity index (χ3v) is 7.59. The van der Waals surface area contributed by atoms with Gasteiger partial charge in [0.1, 0.15) is 0 Å². The molecule has 0 fully saturated rings. The molecule has 1 N–H and O–H groups in total. The number of rotatable bonds is 5. The molecule has 0 aliphatic heterocycles. The molecule has 0 bridgehead atoms. The molecule has 0 aliphatic rings. The Bertz CT molecular complexity index is 206. The van der Waals surface area contributed by atoms with Crippen LogP contribution in [0.5, 0.6) is 0 Å². The molecule has 0 unspecified atom stereocenters. The third kappa shape index (κ3) is 5.38. The molecule has 0 spiro atoms. The Morgan fingerprint density at radius 3 is 2.27 bits per heavy atom. The minimum atomic E-state index is -1.59. The molecular weight excluding hydrogens is 202 g/mol. The van der Waals surface area contributed by atoms with Crippen LogP contribution in [0.3, 0.4) is 0 Å². The molecule has 0 radical (unpaired) electrons. The maximum Gasteiger partial charge on any atom is 0.249 e. The summed E-state index contributed by atoms with van der Waals surface area (Å²) in [5.41, 5.74) is 0. The van der Waals surface area contributed by atoms with Crippen LogP contribution < -0.4 is 5.32 Å². The fraction of sp³-hybridized carbons (Fsp3) is 0.833. The van der Waals surface area contributed by atoms with Crippen LogP contribution in [0.1, 0.15) is 34.1 Å². The van der Waals surface area contributed by atoms with Gasteiger partial charge >= 0.3 is 0 Å². The van der Waals surface area contributed by atoms with E-state index in [0.717, 1.165) is 6.42 Å². The molecule has 1 atom stereocenters. The Labute approximate surface area is 96.2 Å². The topological polar surface area (TPSA) is 21.3 Å². The van der Waals surface area contributed by atoms with Crippen molar-refractivity contribution in [2.45, 2.75) is 58.3 Å². The van der Waals surface area contributed by atoms with Gasteiger partial charge in [0, 0.05) is 6.04 Å². The molecule has 0 aliphatic carbocycles. The van der Waals surface area contributed by atoms with Gasteiger partial charge in [0.25, 0.3) is 0 Å². The van der Waals surface area contributed by atoms with E-state index in [9.17, 15) is 0 Å². The van der Waals surface area contributed by atoms with Gasteiger partial charge in [-0.15, -0.1) is 0 Å². The summed E-state index contributed by atoms with van der Waals surface area (Å²) in [6.45, 7) is 13.4. The van der Waals surface area contributed by atoms with Gasteiger partial charge < -0.3 is 9.74 Å². The lowest BCUT2D eigenvalue weighted by Crippen LogP contribution is -2.39. The molecule has 0 heterocycles. The Kier molecular flexibility index (Phi) is 5.60. The normalized spacial score (nSPS) is 15.7. The van der Waals surface area contributed by atoms with E-state index in [1.165, 1.54) is 0 Å². The van der Waals surface area contributed by atoms with Gasteiger partial charge in [-0.05, 0) is 44.6 Å². The van der Waals surface area contributed by atoms with Crippen LogP contribution in [0.15, 0.2) is 12.3 Å². The Hall–Kier alpha value is -0.283. The van der Waals surface area contributed by atoms with Crippen molar-refractivity contribution in [3.63, 3.8) is 0 Å². The smallest absolute Gasteiger partial charge is 0.249 e. The van der Waals surface area contributed by atoms with Crippen LogP contribution in [0.2, 0.25) is 18.1 Å². The lowest BCUT2D eigenvalue weighted by atomic mass is 10.2. The van der Waals surface area contributed by atoms with E-state index in [-0.39, 0.29) is 5.04 Å². The molecule has 0 aromatic carbocycles. The summed E-state index contributed by atoms with van der Waals surface area (Å²) in [4.78, 5) is 0. The first kappa shape index (κ1) is 14.7. The molecule has 0 saturated carbocycles. The van der Waals surface area contributed by atoms with Crippen LogP contribution in [0, 0.1) is 0 Å². The highest BCUT2D eigenvalue weighted by Gasteiger charge is 2.37. The monoisotopic (exact) mass is 229 g/mol. The highest BCUT2D eigenvalue weighted by molar-refractivity contribution is 6.74. The number of hydrogen-bond donors (Lipinski definition) is 1. The van der Waals surface area contributed by atoms with Crippen molar-refractivity contribution in [1.29, 1.82) is 0 Å². The minimum absolute atomic E-state index is 0.284. The Morgan fingerprint density at radius 2 is 1.87 bits per heavy atom. The van der Waals surface area contributed by atoms with E-state index < -0.39 is 8.32 Å². The predicted octanol–water partition coefficient (Wildman–Crippen LogP) is 3.52. The minimum Gasteiger partial charge on any atom is -0.549 e. The molecule has 0 rings (SSSR count). The largest absolute Gasteiger partial charge is 0.549 e. The van der Waals surface area contributed by atoms with Crippen molar-refractivity contribution in [2.24, 2.45) is 0 Å². The Balaban J connectivity index is 4.04. The third-order valence-electron chi connectivity index (χ3n) is 3.25. The van der Waals surface area contributed by atoms with E-state index in [4.69, 9.17) is 4.43 Å². The molecule has 2 nitrogen and oxygen atoms in total. The van der Waals surface area contributed by atoms with Crippen molar-refractivity contribution in [2.75, 3.05) is 7.05 Å². The first-order valence-corrected chi connectivity index (χ1v) is 8.61. The van der Waals surface area contributed by atoms with E-state index in [0.29, 0.717) is 6.04 Å². The molecule has 0 aromatic rings. The summed E-state index contributed by atoms with van der Waals surface area (Å²) in [7, 11) is 0.385. The molecule has 90 valence electrons. The summed E-state index contributed by atoms with van der Waals surface area (Å²) in [5.74, 6) is 0. The molecule has 0 saturated heterocycles. The summed E-state index contributed by atoms with van der Waals surface area (Å²) in [5, 5.41) is 3.48. The van der Waals surface area contributed by atoms with E-state index >= 15 is 0 Å². The highest BCUT2D eigenvalue weighted by Crippen LogP contribution is 2.36. The lowest BCUT2D eigenvalue weighted by molar-refractivity contribution is 0.427. The molecule has 0 amide bonds. The van der Waals surface area contributed by atoms with Crippen LogP contribution in [0.25, 0.3) is 0 Å². The Morgan fingerprint density at radius 1 is 1.33 bits per heavy atom. The maximum atomic E-state index is 5.92. The number of nitrogens with one attached hydrogen (secondary N) is 1. The van der Waals surface area contributed by atoms with Gasteiger partial charge in [-0.3, -0.25) is 0 Å². The van der Waals surface area contributed by atoms with Crippen LogP contribution in [-0.2, 0) is 4.43 Å². The van der Waals surface area contributed by atoms with E-state index in [2.05, 4.69) is 52.2 Å². The van der Waals surface area contributed by atoms with E-state index in [1.54, 1.807) is 0 Å².